The Labute approximate surface area is 329 Å². The van der Waals surface area contributed by atoms with Gasteiger partial charge in [-0.25, -0.2) is 4.79 Å². The quantitative estimate of drug-likeness (QED) is 0.0381. The Hall–Kier alpha value is -2.17. The van der Waals surface area contributed by atoms with E-state index in [0.717, 1.165) is 49.2 Å². The van der Waals surface area contributed by atoms with E-state index in [9.17, 15) is 4.79 Å². The molecule has 0 unspecified atom stereocenters. The van der Waals surface area contributed by atoms with E-state index in [0.29, 0.717) is 32.2 Å². The van der Waals surface area contributed by atoms with Crippen molar-refractivity contribution < 1.29 is 23.7 Å². The summed E-state index contributed by atoms with van der Waals surface area (Å²) in [6, 6.07) is 4.00. The third-order valence-corrected chi connectivity index (χ3v) is 10.2. The van der Waals surface area contributed by atoms with Gasteiger partial charge in [0.15, 0.2) is 11.5 Å². The van der Waals surface area contributed by atoms with Gasteiger partial charge in [0, 0.05) is 6.08 Å². The number of rotatable bonds is 40. The molecule has 5 nitrogen and oxygen atoms in total. The predicted molar refractivity (Wildman–Crippen MR) is 229 cm³/mol. The van der Waals surface area contributed by atoms with Crippen molar-refractivity contribution in [3.8, 4) is 17.2 Å². The zero-order chi connectivity index (χ0) is 38.3. The molecule has 1 aromatic rings. The van der Waals surface area contributed by atoms with E-state index in [1.807, 2.05) is 25.1 Å². The van der Waals surface area contributed by atoms with Crippen molar-refractivity contribution in [1.29, 1.82) is 0 Å². The summed E-state index contributed by atoms with van der Waals surface area (Å²) in [4.78, 5) is 12.6. The van der Waals surface area contributed by atoms with Crippen LogP contribution in [0.25, 0.3) is 6.08 Å². The van der Waals surface area contributed by atoms with Crippen molar-refractivity contribution in [1.82, 2.24) is 0 Å². The number of esters is 1. The molecule has 0 saturated heterocycles. The van der Waals surface area contributed by atoms with Crippen LogP contribution in [0.4, 0.5) is 0 Å². The number of carbonyl (C=O) groups excluding carboxylic acids is 1. The van der Waals surface area contributed by atoms with Crippen LogP contribution >= 0.6 is 0 Å². The Kier molecular flexibility index (Phi) is 35.1. The van der Waals surface area contributed by atoms with E-state index in [4.69, 9.17) is 18.9 Å². The second kappa shape index (κ2) is 38.1. The molecule has 0 aliphatic carbocycles. The number of hydrogen-bond donors (Lipinski definition) is 0. The minimum atomic E-state index is -0.343. The summed E-state index contributed by atoms with van der Waals surface area (Å²) in [6.45, 7) is 11.2. The first kappa shape index (κ1) is 48.8. The van der Waals surface area contributed by atoms with Gasteiger partial charge in [-0.2, -0.15) is 0 Å². The van der Waals surface area contributed by atoms with Gasteiger partial charge in [-0.3, -0.25) is 0 Å². The molecule has 1 rings (SSSR count). The van der Waals surface area contributed by atoms with Gasteiger partial charge < -0.3 is 18.9 Å². The van der Waals surface area contributed by atoms with Crippen molar-refractivity contribution >= 4 is 12.0 Å². The Morgan fingerprint density at radius 2 is 0.755 bits per heavy atom. The van der Waals surface area contributed by atoms with Crippen molar-refractivity contribution in [2.75, 3.05) is 26.4 Å². The number of unbranched alkanes of at least 4 members (excludes halogenated alkanes) is 27. The third-order valence-electron chi connectivity index (χ3n) is 10.2. The fraction of sp³-hybridized carbons (Fsp3) is 0.812. The summed E-state index contributed by atoms with van der Waals surface area (Å²) < 4.78 is 24.7. The molecule has 0 radical (unpaired) electrons. The van der Waals surface area contributed by atoms with Gasteiger partial charge in [0.1, 0.15) is 5.75 Å². The zero-order valence-corrected chi connectivity index (χ0v) is 35.6. The molecule has 0 N–H and O–H groups in total. The van der Waals surface area contributed by atoms with Crippen molar-refractivity contribution in [3.05, 3.63) is 23.8 Å². The molecule has 1 aromatic carbocycles. The number of ether oxygens (including phenoxy) is 4. The third kappa shape index (κ3) is 28.9. The SMILES string of the molecule is CCCCCCCCCCCCOc1ccc(OCCCCCCCCCCCC)c(OCCCCCCCCCCCC)c1C=CC(=O)OCCC. The van der Waals surface area contributed by atoms with E-state index >= 15 is 0 Å². The van der Waals surface area contributed by atoms with Crippen LogP contribution in [-0.4, -0.2) is 32.4 Å². The first-order valence-corrected chi connectivity index (χ1v) is 23.1. The van der Waals surface area contributed by atoms with Gasteiger partial charge in [-0.15, -0.1) is 0 Å². The molecule has 0 aromatic heterocycles. The van der Waals surface area contributed by atoms with E-state index in [1.165, 1.54) is 173 Å². The van der Waals surface area contributed by atoms with Crippen LogP contribution in [0.5, 0.6) is 17.2 Å². The van der Waals surface area contributed by atoms with Gasteiger partial charge in [0.05, 0.1) is 32.0 Å². The van der Waals surface area contributed by atoms with Crippen LogP contribution < -0.4 is 14.2 Å². The van der Waals surface area contributed by atoms with Crippen molar-refractivity contribution in [2.45, 2.75) is 227 Å². The highest BCUT2D eigenvalue weighted by Gasteiger charge is 2.17. The monoisotopic (exact) mass is 743 g/mol. The topological polar surface area (TPSA) is 54.0 Å². The average Bonchev–Trinajstić information content (AvgIpc) is 3.17. The first-order chi connectivity index (χ1) is 26.2. The minimum absolute atomic E-state index is 0.343. The van der Waals surface area contributed by atoms with Crippen LogP contribution in [0, 0.1) is 0 Å². The highest BCUT2D eigenvalue weighted by molar-refractivity contribution is 5.88. The predicted octanol–water partition coefficient (Wildman–Crippen LogP) is 15.6. The van der Waals surface area contributed by atoms with E-state index in [-0.39, 0.29) is 5.97 Å². The van der Waals surface area contributed by atoms with E-state index < -0.39 is 0 Å². The smallest absolute Gasteiger partial charge is 0.330 e. The Bertz CT molecular complexity index is 973. The fourth-order valence-corrected chi connectivity index (χ4v) is 6.82. The summed E-state index contributed by atoms with van der Waals surface area (Å²) >= 11 is 0. The molecule has 308 valence electrons. The second-order valence-corrected chi connectivity index (χ2v) is 15.4. The molecule has 5 heteroatoms. The van der Waals surface area contributed by atoms with Gasteiger partial charge in [0.25, 0.3) is 0 Å². The summed E-state index contributed by atoms with van der Waals surface area (Å²) in [5.41, 5.74) is 0.776. The lowest BCUT2D eigenvalue weighted by Gasteiger charge is -2.19. The lowest BCUT2D eigenvalue weighted by Crippen LogP contribution is -2.07. The molecule has 0 spiro atoms. The maximum absolute atomic E-state index is 12.6. The van der Waals surface area contributed by atoms with Crippen molar-refractivity contribution in [2.24, 2.45) is 0 Å². The van der Waals surface area contributed by atoms with Gasteiger partial charge >= 0.3 is 5.97 Å². The highest BCUT2D eigenvalue weighted by atomic mass is 16.5. The van der Waals surface area contributed by atoms with Gasteiger partial charge in [0.2, 0.25) is 0 Å². The molecule has 0 bridgehead atoms. The Balaban J connectivity index is 2.84. The minimum Gasteiger partial charge on any atom is -0.493 e. The number of hydrogen-bond acceptors (Lipinski definition) is 5. The van der Waals surface area contributed by atoms with Crippen LogP contribution in [0.3, 0.4) is 0 Å². The van der Waals surface area contributed by atoms with Crippen LogP contribution in [0.1, 0.15) is 232 Å². The van der Waals surface area contributed by atoms with Crippen LogP contribution in [0.15, 0.2) is 18.2 Å². The normalized spacial score (nSPS) is 11.4. The standard InChI is InChI=1S/C48H86O5/c1-5-9-12-15-18-21-24-27-30-33-41-50-45-37-38-46(51-42-34-31-28-25-22-19-16-13-10-6-2)48(44(45)36-39-47(49)52-40-8-4)53-43-35-32-29-26-23-20-17-14-11-7-3/h36-39H,5-35,40-43H2,1-4H3. The Morgan fingerprint density at radius 3 is 1.15 bits per heavy atom. The van der Waals surface area contributed by atoms with Crippen molar-refractivity contribution in [3.63, 3.8) is 0 Å². The summed E-state index contributed by atoms with van der Waals surface area (Å²) in [6.07, 6.45) is 42.8. The fourth-order valence-electron chi connectivity index (χ4n) is 6.82. The largest absolute Gasteiger partial charge is 0.493 e. The molecule has 0 aliphatic rings. The van der Waals surface area contributed by atoms with Gasteiger partial charge in [-0.05, 0) is 43.9 Å². The lowest BCUT2D eigenvalue weighted by molar-refractivity contribution is -0.137. The molecular weight excluding hydrogens is 657 g/mol. The van der Waals surface area contributed by atoms with Crippen LogP contribution in [-0.2, 0) is 9.53 Å². The number of carbonyl (C=O) groups is 1. The lowest BCUT2D eigenvalue weighted by atomic mass is 10.1. The molecule has 0 saturated carbocycles. The maximum atomic E-state index is 12.6. The highest BCUT2D eigenvalue weighted by Crippen LogP contribution is 2.39. The maximum Gasteiger partial charge on any atom is 0.330 e. The van der Waals surface area contributed by atoms with E-state index in [1.54, 1.807) is 0 Å². The van der Waals surface area contributed by atoms with E-state index in [2.05, 4.69) is 20.8 Å². The molecular formula is C48H86O5. The average molecular weight is 743 g/mol. The molecule has 53 heavy (non-hydrogen) atoms. The molecule has 0 atom stereocenters. The van der Waals surface area contributed by atoms with Crippen LogP contribution in [0.2, 0.25) is 0 Å². The second-order valence-electron chi connectivity index (χ2n) is 15.4. The molecule has 0 heterocycles. The summed E-state index contributed by atoms with van der Waals surface area (Å²) in [5.74, 6) is 1.82. The molecule has 0 fully saturated rings. The first-order valence-electron chi connectivity index (χ1n) is 23.1. The molecule has 0 aliphatic heterocycles. The van der Waals surface area contributed by atoms with Gasteiger partial charge in [-0.1, -0.05) is 201 Å². The molecule has 0 amide bonds. The number of benzene rings is 1. The zero-order valence-electron chi connectivity index (χ0n) is 35.6. The Morgan fingerprint density at radius 1 is 0.415 bits per heavy atom. The summed E-state index contributed by atoms with van der Waals surface area (Å²) in [7, 11) is 0. The summed E-state index contributed by atoms with van der Waals surface area (Å²) in [5, 5.41) is 0.